The topological polar surface area (TPSA) is 55.3 Å². The molecule has 26 heavy (non-hydrogen) atoms. The molecule has 0 N–H and O–H groups in total. The van der Waals surface area contributed by atoms with Crippen molar-refractivity contribution in [2.45, 2.75) is 13.0 Å². The maximum Gasteiger partial charge on any atom is 0.298 e. The Hall–Kier alpha value is -2.50. The predicted octanol–water partition coefficient (Wildman–Crippen LogP) is 5.35. The SMILES string of the molecule is Clc1ccc(-c2onc3c2CCN(c2nc4cc(Cl)ccc4o2)C3)cc1. The Labute approximate surface area is 159 Å². The van der Waals surface area contributed by atoms with Crippen LogP contribution in [0.25, 0.3) is 22.4 Å². The van der Waals surface area contributed by atoms with Crippen molar-refractivity contribution in [3.63, 3.8) is 0 Å². The molecule has 130 valence electrons. The molecule has 0 saturated carbocycles. The van der Waals surface area contributed by atoms with Crippen LogP contribution in [-0.4, -0.2) is 16.7 Å². The van der Waals surface area contributed by atoms with Gasteiger partial charge in [0.05, 0.1) is 6.54 Å². The molecule has 0 unspecified atom stereocenters. The van der Waals surface area contributed by atoms with Crippen LogP contribution in [0.15, 0.2) is 51.4 Å². The van der Waals surface area contributed by atoms with Gasteiger partial charge in [-0.25, -0.2) is 0 Å². The lowest BCUT2D eigenvalue weighted by molar-refractivity contribution is 0.422. The van der Waals surface area contributed by atoms with Crippen molar-refractivity contribution in [2.24, 2.45) is 0 Å². The van der Waals surface area contributed by atoms with Gasteiger partial charge in [-0.05, 0) is 48.9 Å². The highest BCUT2D eigenvalue weighted by Crippen LogP contribution is 2.33. The van der Waals surface area contributed by atoms with Crippen molar-refractivity contribution < 1.29 is 8.94 Å². The molecule has 5 rings (SSSR count). The lowest BCUT2D eigenvalue weighted by atomic mass is 10.0. The third-order valence-corrected chi connectivity index (χ3v) is 5.04. The number of hydrogen-bond acceptors (Lipinski definition) is 5. The van der Waals surface area contributed by atoms with Crippen LogP contribution in [0.3, 0.4) is 0 Å². The third kappa shape index (κ3) is 2.64. The molecule has 0 saturated heterocycles. The second kappa shape index (κ2) is 6.04. The van der Waals surface area contributed by atoms with Crippen molar-refractivity contribution in [2.75, 3.05) is 11.4 Å². The second-order valence-electron chi connectivity index (χ2n) is 6.22. The minimum atomic E-state index is 0.573. The Bertz CT molecular complexity index is 1100. The molecule has 7 heteroatoms. The van der Waals surface area contributed by atoms with Crippen molar-refractivity contribution in [1.82, 2.24) is 10.1 Å². The van der Waals surface area contributed by atoms with E-state index in [9.17, 15) is 0 Å². The van der Waals surface area contributed by atoms with Crippen molar-refractivity contribution in [1.29, 1.82) is 0 Å². The molecule has 0 atom stereocenters. The van der Waals surface area contributed by atoms with Gasteiger partial charge in [-0.1, -0.05) is 28.4 Å². The van der Waals surface area contributed by atoms with E-state index in [-0.39, 0.29) is 0 Å². The summed E-state index contributed by atoms with van der Waals surface area (Å²) in [5.74, 6) is 0.806. The second-order valence-corrected chi connectivity index (χ2v) is 7.10. The monoisotopic (exact) mass is 385 g/mol. The van der Waals surface area contributed by atoms with E-state index in [0.29, 0.717) is 22.6 Å². The smallest absolute Gasteiger partial charge is 0.298 e. The van der Waals surface area contributed by atoms with Gasteiger partial charge in [0, 0.05) is 27.7 Å². The van der Waals surface area contributed by atoms with E-state index in [1.54, 1.807) is 12.1 Å². The summed E-state index contributed by atoms with van der Waals surface area (Å²) in [6.45, 7) is 1.36. The standard InChI is InChI=1S/C19H13Cl2N3O2/c20-12-3-1-11(2-4-12)18-14-7-8-24(10-16(14)23-26-18)19-22-15-9-13(21)5-6-17(15)25-19/h1-6,9H,7-8,10H2. The summed E-state index contributed by atoms with van der Waals surface area (Å²) in [4.78, 5) is 6.61. The summed E-state index contributed by atoms with van der Waals surface area (Å²) in [6.07, 6.45) is 0.802. The van der Waals surface area contributed by atoms with E-state index < -0.39 is 0 Å². The van der Waals surface area contributed by atoms with Crippen LogP contribution >= 0.6 is 23.2 Å². The van der Waals surface area contributed by atoms with Gasteiger partial charge in [0.25, 0.3) is 6.01 Å². The van der Waals surface area contributed by atoms with E-state index in [0.717, 1.165) is 46.6 Å². The van der Waals surface area contributed by atoms with Crippen molar-refractivity contribution in [3.05, 3.63) is 63.8 Å². The highest BCUT2D eigenvalue weighted by molar-refractivity contribution is 6.31. The zero-order chi connectivity index (χ0) is 17.7. The molecule has 3 heterocycles. The lowest BCUT2D eigenvalue weighted by Crippen LogP contribution is -2.30. The van der Waals surface area contributed by atoms with Gasteiger partial charge >= 0.3 is 0 Å². The number of nitrogens with zero attached hydrogens (tertiary/aromatic N) is 3. The van der Waals surface area contributed by atoms with Gasteiger partial charge in [-0.15, -0.1) is 0 Å². The number of oxazole rings is 1. The summed E-state index contributed by atoms with van der Waals surface area (Å²) in [5.41, 5.74) is 4.48. The van der Waals surface area contributed by atoms with Crippen LogP contribution in [0.2, 0.25) is 10.0 Å². The average Bonchev–Trinajstić information content (AvgIpc) is 3.25. The highest BCUT2D eigenvalue weighted by atomic mass is 35.5. The van der Waals surface area contributed by atoms with Gasteiger partial charge in [-0.3, -0.25) is 0 Å². The fourth-order valence-electron chi connectivity index (χ4n) is 3.25. The van der Waals surface area contributed by atoms with E-state index in [2.05, 4.69) is 15.0 Å². The lowest BCUT2D eigenvalue weighted by Gasteiger charge is -2.24. The van der Waals surface area contributed by atoms with Crippen LogP contribution in [0, 0.1) is 0 Å². The quantitative estimate of drug-likeness (QED) is 0.465. The molecular formula is C19H13Cl2N3O2. The minimum Gasteiger partial charge on any atom is -0.423 e. The Morgan fingerprint density at radius 2 is 1.81 bits per heavy atom. The highest BCUT2D eigenvalue weighted by Gasteiger charge is 2.27. The number of aromatic nitrogens is 2. The first-order valence-corrected chi connectivity index (χ1v) is 8.97. The van der Waals surface area contributed by atoms with Gasteiger partial charge in [-0.2, -0.15) is 4.98 Å². The fourth-order valence-corrected chi connectivity index (χ4v) is 3.54. The van der Waals surface area contributed by atoms with Gasteiger partial charge in [0.1, 0.15) is 11.2 Å². The zero-order valence-corrected chi connectivity index (χ0v) is 15.1. The summed E-state index contributed by atoms with van der Waals surface area (Å²) in [6, 6.07) is 13.6. The van der Waals surface area contributed by atoms with Crippen LogP contribution < -0.4 is 4.90 Å². The van der Waals surface area contributed by atoms with Crippen LogP contribution in [0.4, 0.5) is 6.01 Å². The largest absolute Gasteiger partial charge is 0.423 e. The Kier molecular flexibility index (Phi) is 3.65. The number of halogens is 2. The van der Waals surface area contributed by atoms with Crippen LogP contribution in [-0.2, 0) is 13.0 Å². The maximum absolute atomic E-state index is 6.03. The van der Waals surface area contributed by atoms with Gasteiger partial charge in [0.2, 0.25) is 0 Å². The zero-order valence-electron chi connectivity index (χ0n) is 13.6. The molecule has 0 spiro atoms. The number of fused-ring (bicyclic) bond motifs is 2. The normalized spacial score (nSPS) is 14.0. The molecule has 4 aromatic rings. The maximum atomic E-state index is 6.03. The Morgan fingerprint density at radius 1 is 1.00 bits per heavy atom. The fraction of sp³-hybridized carbons (Fsp3) is 0.158. The molecular weight excluding hydrogens is 373 g/mol. The molecule has 0 fully saturated rings. The number of anilines is 1. The molecule has 5 nitrogen and oxygen atoms in total. The number of benzene rings is 2. The molecule has 2 aromatic heterocycles. The first-order valence-electron chi connectivity index (χ1n) is 8.22. The third-order valence-electron chi connectivity index (χ3n) is 4.56. The van der Waals surface area contributed by atoms with Crippen LogP contribution in [0.1, 0.15) is 11.3 Å². The summed E-state index contributed by atoms with van der Waals surface area (Å²) >= 11 is 12.0. The summed E-state index contributed by atoms with van der Waals surface area (Å²) in [5, 5.41) is 5.60. The first-order chi connectivity index (χ1) is 12.7. The minimum absolute atomic E-state index is 0.573. The molecule has 1 aliphatic rings. The average molecular weight is 386 g/mol. The Morgan fingerprint density at radius 3 is 2.65 bits per heavy atom. The summed E-state index contributed by atoms with van der Waals surface area (Å²) < 4.78 is 11.5. The summed E-state index contributed by atoms with van der Waals surface area (Å²) in [7, 11) is 0. The van der Waals surface area contributed by atoms with E-state index >= 15 is 0 Å². The molecule has 2 aromatic carbocycles. The Balaban J connectivity index is 1.45. The molecule has 0 bridgehead atoms. The van der Waals surface area contributed by atoms with Gasteiger partial charge < -0.3 is 13.8 Å². The van der Waals surface area contributed by atoms with E-state index in [1.807, 2.05) is 30.3 Å². The molecule has 0 aliphatic carbocycles. The van der Waals surface area contributed by atoms with Gasteiger partial charge in [0.15, 0.2) is 11.3 Å². The van der Waals surface area contributed by atoms with Crippen molar-refractivity contribution >= 4 is 40.3 Å². The predicted molar refractivity (Wildman–Crippen MR) is 101 cm³/mol. The first kappa shape index (κ1) is 15.7. The number of hydrogen-bond donors (Lipinski definition) is 0. The van der Waals surface area contributed by atoms with E-state index in [4.69, 9.17) is 32.1 Å². The van der Waals surface area contributed by atoms with E-state index in [1.165, 1.54) is 0 Å². The van der Waals surface area contributed by atoms with Crippen molar-refractivity contribution in [3.8, 4) is 11.3 Å². The molecule has 0 amide bonds. The molecule has 1 aliphatic heterocycles. The van der Waals surface area contributed by atoms with Crippen LogP contribution in [0.5, 0.6) is 0 Å². The number of rotatable bonds is 2. The molecule has 0 radical (unpaired) electrons.